The molecule has 0 amide bonds. The van der Waals surface area contributed by atoms with Gasteiger partial charge in [0, 0.05) is 5.92 Å². The average Bonchev–Trinajstić information content (AvgIpc) is 3.09. The molecule has 7 nitrogen and oxygen atoms in total. The SMILES string of the molecule is CC(=O)C1CCC2C1C(C(C)C)CCC2(C)O[C@@H]1O[C@H](CO)[C@@H](O)[C@H](O)C1O. The fourth-order valence-electron chi connectivity index (χ4n) is 5.99. The second-order valence-electron chi connectivity index (χ2n) is 9.55. The summed E-state index contributed by atoms with van der Waals surface area (Å²) in [7, 11) is 0. The lowest BCUT2D eigenvalue weighted by atomic mass is 9.61. The quantitative estimate of drug-likeness (QED) is 0.541. The van der Waals surface area contributed by atoms with E-state index in [-0.39, 0.29) is 23.5 Å². The molecule has 7 heteroatoms. The largest absolute Gasteiger partial charge is 0.394 e. The highest BCUT2D eigenvalue weighted by molar-refractivity contribution is 5.79. The van der Waals surface area contributed by atoms with Crippen LogP contribution in [-0.2, 0) is 14.3 Å². The van der Waals surface area contributed by atoms with Gasteiger partial charge in [-0.15, -0.1) is 0 Å². The van der Waals surface area contributed by atoms with E-state index in [1.165, 1.54) is 0 Å². The van der Waals surface area contributed by atoms with Gasteiger partial charge in [-0.05, 0) is 63.2 Å². The van der Waals surface area contributed by atoms with Crippen molar-refractivity contribution in [2.75, 3.05) is 6.61 Å². The molecule has 0 aromatic rings. The molecule has 1 saturated heterocycles. The average molecular weight is 401 g/mol. The number of Topliss-reactive ketones (excluding diaryl/α,β-unsaturated/α-hetero) is 1. The topological polar surface area (TPSA) is 116 Å². The Morgan fingerprint density at radius 2 is 1.82 bits per heavy atom. The monoisotopic (exact) mass is 400 g/mol. The van der Waals surface area contributed by atoms with Gasteiger partial charge >= 0.3 is 0 Å². The molecule has 2 saturated carbocycles. The van der Waals surface area contributed by atoms with Crippen molar-refractivity contribution in [2.45, 2.75) is 89.7 Å². The summed E-state index contributed by atoms with van der Waals surface area (Å²) < 4.78 is 11.9. The van der Waals surface area contributed by atoms with Gasteiger partial charge in [-0.25, -0.2) is 0 Å². The van der Waals surface area contributed by atoms with E-state index in [1.54, 1.807) is 6.92 Å². The number of fused-ring (bicyclic) bond motifs is 1. The van der Waals surface area contributed by atoms with E-state index in [0.717, 1.165) is 25.7 Å². The number of hydrogen-bond acceptors (Lipinski definition) is 7. The Labute approximate surface area is 167 Å². The van der Waals surface area contributed by atoms with E-state index < -0.39 is 42.9 Å². The molecule has 6 unspecified atom stereocenters. The number of ether oxygens (including phenoxy) is 2. The predicted octanol–water partition coefficient (Wildman–Crippen LogP) is 0.859. The summed E-state index contributed by atoms with van der Waals surface area (Å²) in [4.78, 5) is 12.3. The van der Waals surface area contributed by atoms with Crippen molar-refractivity contribution in [2.24, 2.45) is 29.6 Å². The van der Waals surface area contributed by atoms with E-state index in [9.17, 15) is 25.2 Å². The maximum atomic E-state index is 12.3. The Kier molecular flexibility index (Phi) is 6.54. The number of carbonyl (C=O) groups is 1. The number of hydrogen-bond donors (Lipinski definition) is 4. The first-order chi connectivity index (χ1) is 13.1. The molecular formula is C21H36O7. The third-order valence-corrected chi connectivity index (χ3v) is 7.58. The van der Waals surface area contributed by atoms with Gasteiger partial charge in [0.05, 0.1) is 12.2 Å². The van der Waals surface area contributed by atoms with Crippen LogP contribution >= 0.6 is 0 Å². The Balaban J connectivity index is 1.82. The molecule has 10 atom stereocenters. The highest BCUT2D eigenvalue weighted by Crippen LogP contribution is 2.56. The number of ketones is 1. The molecule has 2 aliphatic carbocycles. The minimum Gasteiger partial charge on any atom is -0.394 e. The maximum Gasteiger partial charge on any atom is 0.187 e. The van der Waals surface area contributed by atoms with Crippen LogP contribution in [0.1, 0.15) is 53.4 Å². The third kappa shape index (κ3) is 3.77. The Bertz CT molecular complexity index is 565. The van der Waals surface area contributed by atoms with Crippen LogP contribution in [0.25, 0.3) is 0 Å². The maximum absolute atomic E-state index is 12.3. The van der Waals surface area contributed by atoms with Crippen molar-refractivity contribution in [1.29, 1.82) is 0 Å². The highest BCUT2D eigenvalue weighted by atomic mass is 16.7. The van der Waals surface area contributed by atoms with Crippen LogP contribution in [0.2, 0.25) is 0 Å². The van der Waals surface area contributed by atoms with Gasteiger partial charge in [-0.2, -0.15) is 0 Å². The van der Waals surface area contributed by atoms with E-state index >= 15 is 0 Å². The van der Waals surface area contributed by atoms with Crippen LogP contribution in [0.15, 0.2) is 0 Å². The highest BCUT2D eigenvalue weighted by Gasteiger charge is 2.56. The minimum atomic E-state index is -1.45. The van der Waals surface area contributed by atoms with Gasteiger partial charge in [0.25, 0.3) is 0 Å². The predicted molar refractivity (Wildman–Crippen MR) is 101 cm³/mol. The van der Waals surface area contributed by atoms with Crippen LogP contribution in [0, 0.1) is 29.6 Å². The summed E-state index contributed by atoms with van der Waals surface area (Å²) in [6.07, 6.45) is -2.93. The second kappa shape index (κ2) is 8.28. The molecule has 4 N–H and O–H groups in total. The van der Waals surface area contributed by atoms with Crippen LogP contribution in [0.4, 0.5) is 0 Å². The fraction of sp³-hybridized carbons (Fsp3) is 0.952. The van der Waals surface area contributed by atoms with Crippen molar-refractivity contribution < 1.29 is 34.7 Å². The summed E-state index contributed by atoms with van der Waals surface area (Å²) in [6, 6.07) is 0. The summed E-state index contributed by atoms with van der Waals surface area (Å²) in [5.74, 6) is 1.60. The number of aliphatic hydroxyl groups is 4. The number of carbonyl (C=O) groups excluding carboxylic acids is 1. The first-order valence-electron chi connectivity index (χ1n) is 10.6. The van der Waals surface area contributed by atoms with Gasteiger partial charge in [0.15, 0.2) is 6.29 Å². The fourth-order valence-corrected chi connectivity index (χ4v) is 5.99. The first kappa shape index (κ1) is 22.1. The molecule has 28 heavy (non-hydrogen) atoms. The Morgan fingerprint density at radius 3 is 2.39 bits per heavy atom. The molecule has 0 radical (unpaired) electrons. The van der Waals surface area contributed by atoms with Crippen LogP contribution in [0.3, 0.4) is 0 Å². The molecule has 162 valence electrons. The molecule has 1 aliphatic heterocycles. The zero-order valence-electron chi connectivity index (χ0n) is 17.3. The van der Waals surface area contributed by atoms with E-state index in [1.807, 2.05) is 6.92 Å². The molecule has 3 fully saturated rings. The Morgan fingerprint density at radius 1 is 1.14 bits per heavy atom. The number of rotatable bonds is 5. The summed E-state index contributed by atoms with van der Waals surface area (Å²) >= 11 is 0. The summed E-state index contributed by atoms with van der Waals surface area (Å²) in [5, 5.41) is 39.9. The molecule has 1 heterocycles. The van der Waals surface area contributed by atoms with Crippen molar-refractivity contribution in [1.82, 2.24) is 0 Å². The smallest absolute Gasteiger partial charge is 0.187 e. The van der Waals surface area contributed by atoms with Gasteiger partial charge in [0.2, 0.25) is 0 Å². The molecule has 0 spiro atoms. The van der Waals surface area contributed by atoms with E-state index in [0.29, 0.717) is 11.8 Å². The number of aliphatic hydroxyl groups excluding tert-OH is 4. The zero-order chi connectivity index (χ0) is 20.8. The van der Waals surface area contributed by atoms with Crippen molar-refractivity contribution >= 4 is 5.78 Å². The van der Waals surface area contributed by atoms with Crippen molar-refractivity contribution in [3.05, 3.63) is 0 Å². The van der Waals surface area contributed by atoms with Crippen molar-refractivity contribution in [3.8, 4) is 0 Å². The molecule has 0 aromatic carbocycles. The van der Waals surface area contributed by atoms with Crippen LogP contribution < -0.4 is 0 Å². The Hall–Kier alpha value is -0.570. The standard InChI is InChI=1S/C21H36O7/c1-10(2)12-7-8-21(4,14-6-5-13(11(3)23)16(12)14)28-20-19(26)18(25)17(24)15(9-22)27-20/h10,12-20,22,24-26H,5-9H2,1-4H3/t12?,13?,14?,15-,16?,17-,18+,19?,20+,21?/m1/s1. The first-order valence-corrected chi connectivity index (χ1v) is 10.6. The van der Waals surface area contributed by atoms with E-state index in [2.05, 4.69) is 13.8 Å². The van der Waals surface area contributed by atoms with Crippen molar-refractivity contribution in [3.63, 3.8) is 0 Å². The summed E-state index contributed by atoms with van der Waals surface area (Å²) in [5.41, 5.74) is -0.603. The van der Waals surface area contributed by atoms with Crippen LogP contribution in [0.5, 0.6) is 0 Å². The zero-order valence-corrected chi connectivity index (χ0v) is 17.3. The van der Waals surface area contributed by atoms with Gasteiger partial charge in [0.1, 0.15) is 30.2 Å². The molecule has 3 rings (SSSR count). The molecule has 3 aliphatic rings. The minimum absolute atomic E-state index is 0.0374. The van der Waals surface area contributed by atoms with Gasteiger partial charge in [-0.3, -0.25) is 4.79 Å². The molecule has 0 aromatic heterocycles. The third-order valence-electron chi connectivity index (χ3n) is 7.58. The lowest BCUT2D eigenvalue weighted by Gasteiger charge is -2.51. The normalized spacial score (nSPS) is 49.2. The molecule has 0 bridgehead atoms. The van der Waals surface area contributed by atoms with E-state index in [4.69, 9.17) is 9.47 Å². The second-order valence-corrected chi connectivity index (χ2v) is 9.55. The van der Waals surface area contributed by atoms with Gasteiger partial charge < -0.3 is 29.9 Å². The lowest BCUT2D eigenvalue weighted by Crippen LogP contribution is -2.62. The van der Waals surface area contributed by atoms with Gasteiger partial charge in [-0.1, -0.05) is 13.8 Å². The lowest BCUT2D eigenvalue weighted by molar-refractivity contribution is -0.336. The molecular weight excluding hydrogens is 364 g/mol. The van der Waals surface area contributed by atoms with Crippen LogP contribution in [-0.4, -0.2) is 69.1 Å². The summed E-state index contributed by atoms with van der Waals surface area (Å²) in [6.45, 7) is 7.62.